The molecule has 1 aromatic rings. The summed E-state index contributed by atoms with van der Waals surface area (Å²) in [6.07, 6.45) is 3.90. The molecule has 0 aromatic carbocycles. The lowest BCUT2D eigenvalue weighted by molar-refractivity contribution is 1.16. The predicted molar refractivity (Wildman–Crippen MR) is 41.0 cm³/mol. The minimum Gasteiger partial charge on any atom is -0.278 e. The van der Waals surface area contributed by atoms with Crippen molar-refractivity contribution in [1.29, 1.82) is 5.26 Å². The van der Waals surface area contributed by atoms with Crippen LogP contribution in [0.2, 0.25) is 0 Å². The molecule has 0 saturated carbocycles. The molecule has 0 unspecified atom stereocenters. The average Bonchev–Trinajstić information content (AvgIpc) is 2.17. The van der Waals surface area contributed by atoms with Crippen molar-refractivity contribution in [3.8, 4) is 6.07 Å². The van der Waals surface area contributed by atoms with Crippen LogP contribution in [-0.4, -0.2) is 7.76 Å². The second kappa shape index (κ2) is 2.82. The van der Waals surface area contributed by atoms with E-state index in [1.807, 2.05) is 12.3 Å². The van der Waals surface area contributed by atoms with Gasteiger partial charge >= 0.3 is 0 Å². The van der Waals surface area contributed by atoms with Crippen molar-refractivity contribution in [1.82, 2.24) is 7.76 Å². The predicted octanol–water partition coefficient (Wildman–Crippen LogP) is 1.15. The van der Waals surface area contributed by atoms with E-state index in [4.69, 9.17) is 5.26 Å². The van der Waals surface area contributed by atoms with Crippen LogP contribution in [0.25, 0.3) is 0 Å². The van der Waals surface area contributed by atoms with Crippen molar-refractivity contribution in [3.63, 3.8) is 0 Å². The van der Waals surface area contributed by atoms with Crippen molar-refractivity contribution in [2.24, 2.45) is 0 Å². The van der Waals surface area contributed by atoms with Gasteiger partial charge in [0.25, 0.3) is 0 Å². The fourth-order valence-electron chi connectivity index (χ4n) is 0.511. The Bertz CT molecular complexity index is 235. The van der Waals surface area contributed by atoms with E-state index in [0.29, 0.717) is 6.42 Å². The average molecular weight is 233 g/mol. The van der Waals surface area contributed by atoms with Gasteiger partial charge in [0.2, 0.25) is 0 Å². The summed E-state index contributed by atoms with van der Waals surface area (Å²) in [6, 6.07) is 2.02. The molecule has 0 spiro atoms. The fourth-order valence-corrected chi connectivity index (χ4v) is 0.957. The summed E-state index contributed by atoms with van der Waals surface area (Å²) < 4.78 is 1.80. The van der Waals surface area contributed by atoms with Crippen molar-refractivity contribution < 1.29 is 0 Å². The Morgan fingerprint density at radius 1 is 1.89 bits per heavy atom. The van der Waals surface area contributed by atoms with E-state index in [2.05, 4.69) is 27.8 Å². The topological polar surface area (TPSA) is 41.6 Å². The molecule has 0 bridgehead atoms. The van der Waals surface area contributed by atoms with Crippen LogP contribution in [0.15, 0.2) is 12.5 Å². The third-order valence-corrected chi connectivity index (χ3v) is 1.39. The van der Waals surface area contributed by atoms with E-state index in [0.717, 1.165) is 5.69 Å². The highest BCUT2D eigenvalue weighted by atomic mass is 127. The Labute approximate surface area is 66.8 Å². The zero-order chi connectivity index (χ0) is 6.69. The van der Waals surface area contributed by atoms with Crippen molar-refractivity contribution >= 4 is 22.9 Å². The quantitative estimate of drug-likeness (QED) is 0.682. The third kappa shape index (κ3) is 1.68. The third-order valence-electron chi connectivity index (χ3n) is 0.866. The van der Waals surface area contributed by atoms with Crippen molar-refractivity contribution in [2.45, 2.75) is 6.42 Å². The van der Waals surface area contributed by atoms with Gasteiger partial charge in [-0.3, -0.25) is 2.78 Å². The van der Waals surface area contributed by atoms with E-state index in [-0.39, 0.29) is 0 Å². The largest absolute Gasteiger partial charge is 0.278 e. The number of imidazole rings is 1. The second-order valence-electron chi connectivity index (χ2n) is 1.54. The Kier molecular flexibility index (Phi) is 2.05. The first-order valence-corrected chi connectivity index (χ1v) is 3.35. The van der Waals surface area contributed by atoms with Crippen LogP contribution in [0.4, 0.5) is 0 Å². The molecule has 9 heavy (non-hydrogen) atoms. The molecule has 0 aliphatic carbocycles. The van der Waals surface area contributed by atoms with E-state index < -0.39 is 0 Å². The van der Waals surface area contributed by atoms with Gasteiger partial charge in [0.05, 0.1) is 41.0 Å². The van der Waals surface area contributed by atoms with Crippen LogP contribution >= 0.6 is 22.9 Å². The van der Waals surface area contributed by atoms with Gasteiger partial charge in [-0.05, 0) is 0 Å². The summed E-state index contributed by atoms with van der Waals surface area (Å²) in [6.45, 7) is 0. The molecule has 0 amide bonds. The van der Waals surface area contributed by atoms with Gasteiger partial charge in [0.15, 0.2) is 0 Å². The fraction of sp³-hybridized carbons (Fsp3) is 0.200. The summed E-state index contributed by atoms with van der Waals surface area (Å²) >= 11 is 2.09. The van der Waals surface area contributed by atoms with Crippen LogP contribution in [0, 0.1) is 11.3 Å². The lowest BCUT2D eigenvalue weighted by Gasteiger charge is -1.78. The summed E-state index contributed by atoms with van der Waals surface area (Å²) in [7, 11) is 0. The second-order valence-corrected chi connectivity index (χ2v) is 2.66. The van der Waals surface area contributed by atoms with E-state index in [9.17, 15) is 0 Å². The summed E-state index contributed by atoms with van der Waals surface area (Å²) in [4.78, 5) is 3.94. The Morgan fingerprint density at radius 2 is 2.67 bits per heavy atom. The summed E-state index contributed by atoms with van der Waals surface area (Å²) in [5.41, 5.74) is 0.826. The molecule has 0 fully saturated rings. The minimum absolute atomic E-state index is 0.399. The van der Waals surface area contributed by atoms with Crippen LogP contribution in [0.3, 0.4) is 0 Å². The lowest BCUT2D eigenvalue weighted by Crippen LogP contribution is -1.77. The molecule has 0 aliphatic heterocycles. The monoisotopic (exact) mass is 233 g/mol. The molecule has 0 aliphatic rings. The van der Waals surface area contributed by atoms with Gasteiger partial charge < -0.3 is 0 Å². The first kappa shape index (κ1) is 6.55. The van der Waals surface area contributed by atoms with Gasteiger partial charge in [0, 0.05) is 6.20 Å². The number of nitrogens with zero attached hydrogens (tertiary/aromatic N) is 3. The SMILES string of the molecule is N#CCc1cn(I)cn1. The molecule has 46 valence electrons. The maximum Gasteiger partial charge on any atom is 0.104 e. The molecule has 0 atom stereocenters. The van der Waals surface area contributed by atoms with E-state index >= 15 is 0 Å². The highest BCUT2D eigenvalue weighted by Crippen LogP contribution is 1.98. The molecule has 0 radical (unpaired) electrons. The highest BCUT2D eigenvalue weighted by Gasteiger charge is 1.92. The molecule has 1 aromatic heterocycles. The van der Waals surface area contributed by atoms with Crippen LogP contribution in [0.1, 0.15) is 5.69 Å². The molecule has 1 rings (SSSR count). The van der Waals surface area contributed by atoms with Gasteiger partial charge in [0.1, 0.15) is 6.33 Å². The summed E-state index contributed by atoms with van der Waals surface area (Å²) in [5, 5.41) is 8.23. The maximum atomic E-state index is 8.23. The molecule has 4 heteroatoms. The molecule has 0 saturated heterocycles. The Morgan fingerprint density at radius 3 is 3.11 bits per heavy atom. The summed E-state index contributed by atoms with van der Waals surface area (Å²) in [5.74, 6) is 0. The van der Waals surface area contributed by atoms with Crippen LogP contribution in [0.5, 0.6) is 0 Å². The van der Waals surface area contributed by atoms with E-state index in [1.54, 1.807) is 9.11 Å². The number of hydrogen-bond donors (Lipinski definition) is 0. The smallest absolute Gasteiger partial charge is 0.104 e. The standard InChI is InChI=1S/C5H4IN3/c6-9-3-5(1-2-7)8-4-9/h3-4H,1H2. The Balaban J connectivity index is 2.76. The molecular formula is C5H4IN3. The van der Waals surface area contributed by atoms with Gasteiger partial charge in [-0.2, -0.15) is 5.26 Å². The first-order valence-electron chi connectivity index (χ1n) is 2.39. The normalized spacial score (nSPS) is 8.89. The van der Waals surface area contributed by atoms with Crippen molar-refractivity contribution in [2.75, 3.05) is 0 Å². The zero-order valence-corrected chi connectivity index (χ0v) is 6.74. The Hall–Kier alpha value is -0.570. The number of aromatic nitrogens is 2. The van der Waals surface area contributed by atoms with Crippen molar-refractivity contribution in [3.05, 3.63) is 18.2 Å². The van der Waals surface area contributed by atoms with Crippen LogP contribution < -0.4 is 0 Å². The van der Waals surface area contributed by atoms with Gasteiger partial charge in [-0.15, -0.1) is 0 Å². The number of nitriles is 1. The number of halogens is 1. The van der Waals surface area contributed by atoms with Gasteiger partial charge in [-0.1, -0.05) is 0 Å². The molecule has 1 heterocycles. The van der Waals surface area contributed by atoms with Crippen LogP contribution in [-0.2, 0) is 6.42 Å². The lowest BCUT2D eigenvalue weighted by atomic mass is 10.4. The van der Waals surface area contributed by atoms with Gasteiger partial charge in [-0.25, -0.2) is 4.98 Å². The zero-order valence-electron chi connectivity index (χ0n) is 4.58. The molecular weight excluding hydrogens is 229 g/mol. The number of hydrogen-bond acceptors (Lipinski definition) is 2. The minimum atomic E-state index is 0.399. The van der Waals surface area contributed by atoms with E-state index in [1.165, 1.54) is 0 Å². The highest BCUT2D eigenvalue weighted by molar-refractivity contribution is 14.1. The maximum absolute atomic E-state index is 8.23. The first-order chi connectivity index (χ1) is 4.33. The number of rotatable bonds is 1. The molecule has 0 N–H and O–H groups in total. The molecule has 3 nitrogen and oxygen atoms in total.